The number of carbonyl (C=O) groups excluding carboxylic acids is 2. The van der Waals surface area contributed by atoms with Crippen LogP contribution in [0.1, 0.15) is 18.6 Å². The summed E-state index contributed by atoms with van der Waals surface area (Å²) in [4.78, 5) is 43.9. The van der Waals surface area contributed by atoms with Crippen molar-refractivity contribution in [3.8, 4) is 0 Å². The average Bonchev–Trinajstić information content (AvgIpc) is 3.18. The molecule has 0 aliphatic rings. The van der Waals surface area contributed by atoms with Gasteiger partial charge < -0.3 is 20.0 Å². The third-order valence-electron chi connectivity index (χ3n) is 3.26. The van der Waals surface area contributed by atoms with E-state index in [2.05, 4.69) is 25.6 Å². The highest BCUT2D eigenvalue weighted by Gasteiger charge is 2.09. The zero-order valence-electron chi connectivity index (χ0n) is 12.6. The summed E-state index contributed by atoms with van der Waals surface area (Å²) in [6, 6.07) is 6.68. The predicted octanol–water partition coefficient (Wildman–Crippen LogP) is 0.879. The first-order valence-corrected chi connectivity index (χ1v) is 7.28. The summed E-state index contributed by atoms with van der Waals surface area (Å²) >= 11 is 0. The topological polar surface area (TPSA) is 133 Å². The smallest absolute Gasteiger partial charge is 0.325 e. The Kier molecular flexibility index (Phi) is 4.41. The minimum absolute atomic E-state index is 0.0212. The first-order chi connectivity index (χ1) is 11.6. The van der Waals surface area contributed by atoms with Crippen molar-refractivity contribution in [2.24, 2.45) is 0 Å². The lowest BCUT2D eigenvalue weighted by atomic mass is 10.2. The maximum absolute atomic E-state index is 11.9. The second-order valence-corrected chi connectivity index (χ2v) is 5.08. The summed E-state index contributed by atoms with van der Waals surface area (Å²) in [5, 5.41) is 5.24. The van der Waals surface area contributed by atoms with Gasteiger partial charge in [-0.15, -0.1) is 0 Å². The molecular formula is C15H15N5O4. The lowest BCUT2D eigenvalue weighted by Gasteiger charge is -2.05. The zero-order chi connectivity index (χ0) is 16.9. The zero-order valence-corrected chi connectivity index (χ0v) is 12.6. The molecule has 0 spiro atoms. The number of amides is 2. The molecular weight excluding hydrogens is 314 g/mol. The van der Waals surface area contributed by atoms with E-state index in [-0.39, 0.29) is 36.9 Å². The number of carbonyl (C=O) groups is 2. The van der Waals surface area contributed by atoms with Gasteiger partial charge in [0.25, 0.3) is 0 Å². The highest BCUT2D eigenvalue weighted by Crippen LogP contribution is 2.10. The molecule has 0 bridgehead atoms. The van der Waals surface area contributed by atoms with Crippen LogP contribution in [-0.2, 0) is 16.1 Å². The van der Waals surface area contributed by atoms with Crippen molar-refractivity contribution >= 4 is 28.8 Å². The Morgan fingerprint density at radius 2 is 1.96 bits per heavy atom. The van der Waals surface area contributed by atoms with E-state index in [1.54, 1.807) is 24.3 Å². The monoisotopic (exact) mass is 329 g/mol. The van der Waals surface area contributed by atoms with Crippen LogP contribution in [0.15, 0.2) is 39.7 Å². The molecule has 0 saturated heterocycles. The van der Waals surface area contributed by atoms with E-state index in [1.165, 1.54) is 6.26 Å². The molecule has 0 fully saturated rings. The highest BCUT2D eigenvalue weighted by atomic mass is 16.3. The summed E-state index contributed by atoms with van der Waals surface area (Å²) < 4.78 is 5.10. The maximum atomic E-state index is 11.9. The standard InChI is InChI=1S/C15H15N5O4/c21-12(16-8-9-2-1-7-24-9)5-6-13(22)18-11-4-3-10-14(19-11)20-15(23)17-10/h1-4,7H,5-6,8H2,(H,16,21)(H3,17,18,19,20,22,23). The first-order valence-electron chi connectivity index (χ1n) is 7.28. The van der Waals surface area contributed by atoms with Crippen molar-refractivity contribution in [1.82, 2.24) is 20.3 Å². The molecule has 3 aromatic heterocycles. The lowest BCUT2D eigenvalue weighted by Crippen LogP contribution is -2.24. The van der Waals surface area contributed by atoms with Crippen LogP contribution in [0, 0.1) is 0 Å². The number of pyridine rings is 1. The number of hydrogen-bond acceptors (Lipinski definition) is 5. The second kappa shape index (κ2) is 6.82. The van der Waals surface area contributed by atoms with Gasteiger partial charge in [0.15, 0.2) is 5.65 Å². The van der Waals surface area contributed by atoms with E-state index >= 15 is 0 Å². The van der Waals surface area contributed by atoms with E-state index in [4.69, 9.17) is 4.42 Å². The Bertz CT molecular complexity index is 909. The Morgan fingerprint density at radius 1 is 1.12 bits per heavy atom. The van der Waals surface area contributed by atoms with Crippen molar-refractivity contribution in [1.29, 1.82) is 0 Å². The Balaban J connectivity index is 1.47. The van der Waals surface area contributed by atoms with Gasteiger partial charge in [0.1, 0.15) is 11.6 Å². The third-order valence-corrected chi connectivity index (χ3v) is 3.26. The minimum Gasteiger partial charge on any atom is -0.467 e. The Labute approximate surface area is 135 Å². The van der Waals surface area contributed by atoms with Crippen molar-refractivity contribution in [3.05, 3.63) is 46.8 Å². The van der Waals surface area contributed by atoms with Crippen LogP contribution in [0.5, 0.6) is 0 Å². The van der Waals surface area contributed by atoms with E-state index in [0.717, 1.165) is 0 Å². The molecule has 0 atom stereocenters. The number of H-pyrrole nitrogens is 2. The molecule has 0 aromatic carbocycles. The van der Waals surface area contributed by atoms with Crippen LogP contribution in [0.4, 0.5) is 5.82 Å². The minimum atomic E-state index is -0.366. The molecule has 24 heavy (non-hydrogen) atoms. The molecule has 3 rings (SSSR count). The maximum Gasteiger partial charge on any atom is 0.325 e. The molecule has 9 nitrogen and oxygen atoms in total. The molecule has 0 aliphatic heterocycles. The molecule has 0 aliphatic carbocycles. The summed E-state index contributed by atoms with van der Waals surface area (Å²) in [6.45, 7) is 0.284. The van der Waals surface area contributed by atoms with Crippen LogP contribution in [0.2, 0.25) is 0 Å². The van der Waals surface area contributed by atoms with Gasteiger partial charge in [-0.2, -0.15) is 0 Å². The highest BCUT2D eigenvalue weighted by molar-refractivity contribution is 5.93. The van der Waals surface area contributed by atoms with Crippen LogP contribution in [0.3, 0.4) is 0 Å². The van der Waals surface area contributed by atoms with Crippen molar-refractivity contribution < 1.29 is 14.0 Å². The molecule has 124 valence electrons. The van der Waals surface area contributed by atoms with Gasteiger partial charge in [-0.25, -0.2) is 9.78 Å². The van der Waals surface area contributed by atoms with Gasteiger partial charge in [0.2, 0.25) is 11.8 Å². The SMILES string of the molecule is O=C(CCC(=O)Nc1ccc2[nH]c(=O)[nH]c2n1)NCc1ccco1. The molecule has 3 heterocycles. The number of aromatic amines is 2. The number of anilines is 1. The van der Waals surface area contributed by atoms with E-state index in [9.17, 15) is 14.4 Å². The number of furan rings is 1. The molecule has 9 heteroatoms. The first kappa shape index (κ1) is 15.5. The van der Waals surface area contributed by atoms with Gasteiger partial charge in [0, 0.05) is 12.8 Å². The number of aromatic nitrogens is 3. The van der Waals surface area contributed by atoms with Crippen LogP contribution >= 0.6 is 0 Å². The van der Waals surface area contributed by atoms with E-state index in [1.807, 2.05) is 0 Å². The number of nitrogens with one attached hydrogen (secondary N) is 4. The average molecular weight is 329 g/mol. The predicted molar refractivity (Wildman–Crippen MR) is 85.1 cm³/mol. The van der Waals surface area contributed by atoms with Crippen LogP contribution in [-0.4, -0.2) is 26.8 Å². The molecule has 4 N–H and O–H groups in total. The quantitative estimate of drug-likeness (QED) is 0.533. The molecule has 0 saturated carbocycles. The number of hydrogen-bond donors (Lipinski definition) is 4. The van der Waals surface area contributed by atoms with Gasteiger partial charge >= 0.3 is 5.69 Å². The fourth-order valence-corrected chi connectivity index (χ4v) is 2.11. The summed E-state index contributed by atoms with van der Waals surface area (Å²) in [7, 11) is 0. The van der Waals surface area contributed by atoms with Crippen molar-refractivity contribution in [2.45, 2.75) is 19.4 Å². The normalized spacial score (nSPS) is 10.7. The van der Waals surface area contributed by atoms with E-state index < -0.39 is 0 Å². The van der Waals surface area contributed by atoms with Crippen LogP contribution < -0.4 is 16.3 Å². The lowest BCUT2D eigenvalue weighted by molar-refractivity contribution is -0.124. The third kappa shape index (κ3) is 3.88. The van der Waals surface area contributed by atoms with Gasteiger partial charge in [-0.05, 0) is 24.3 Å². The molecule has 0 unspecified atom stereocenters. The van der Waals surface area contributed by atoms with Crippen molar-refractivity contribution in [2.75, 3.05) is 5.32 Å². The number of rotatable bonds is 6. The molecule has 2 amide bonds. The van der Waals surface area contributed by atoms with Crippen molar-refractivity contribution in [3.63, 3.8) is 0 Å². The molecule has 0 radical (unpaired) electrons. The fourth-order valence-electron chi connectivity index (χ4n) is 2.11. The Hall–Kier alpha value is -3.36. The molecule has 3 aromatic rings. The summed E-state index contributed by atoms with van der Waals surface area (Å²) in [5.41, 5.74) is 0.540. The fraction of sp³-hybridized carbons (Fsp3) is 0.200. The number of fused-ring (bicyclic) bond motifs is 1. The Morgan fingerprint density at radius 3 is 2.75 bits per heavy atom. The van der Waals surface area contributed by atoms with E-state index in [0.29, 0.717) is 22.7 Å². The van der Waals surface area contributed by atoms with Gasteiger partial charge in [0.05, 0.1) is 18.3 Å². The number of nitrogens with zero attached hydrogens (tertiary/aromatic N) is 1. The van der Waals surface area contributed by atoms with Gasteiger partial charge in [-0.1, -0.05) is 0 Å². The van der Waals surface area contributed by atoms with Gasteiger partial charge in [-0.3, -0.25) is 14.6 Å². The largest absolute Gasteiger partial charge is 0.467 e. The summed E-state index contributed by atoms with van der Waals surface area (Å²) in [6.07, 6.45) is 1.60. The number of imidazole rings is 1. The summed E-state index contributed by atoms with van der Waals surface area (Å²) in [5.74, 6) is 0.359. The second-order valence-electron chi connectivity index (χ2n) is 5.08. The van der Waals surface area contributed by atoms with Crippen LogP contribution in [0.25, 0.3) is 11.2 Å².